The standard InChI is InChI=1S/C26H19F4N/c1-3-9-19-21-11-6-8-13-25(21)31(23(19)4-2)24-12-7-5-10-20(24)18-15-14-17(27)16-22(18)26(28,29)30/h3-16H,2H2,1H3/b9-3-. The molecule has 3 aromatic carbocycles. The van der Waals surface area contributed by atoms with Crippen LogP contribution in [0.4, 0.5) is 17.6 Å². The minimum absolute atomic E-state index is 0.0788. The van der Waals surface area contributed by atoms with Gasteiger partial charge in [0.1, 0.15) is 5.82 Å². The number of rotatable bonds is 4. The summed E-state index contributed by atoms with van der Waals surface area (Å²) in [6.07, 6.45) is 0.867. The highest BCUT2D eigenvalue weighted by Crippen LogP contribution is 2.41. The van der Waals surface area contributed by atoms with Crippen molar-refractivity contribution in [3.63, 3.8) is 0 Å². The van der Waals surface area contributed by atoms with Crippen molar-refractivity contribution in [1.82, 2.24) is 4.57 Å². The van der Waals surface area contributed by atoms with Gasteiger partial charge in [-0.05, 0) is 42.8 Å². The van der Waals surface area contributed by atoms with Crippen LogP contribution < -0.4 is 0 Å². The average molecular weight is 421 g/mol. The smallest absolute Gasteiger partial charge is 0.309 e. The molecule has 0 amide bonds. The third-order valence-electron chi connectivity index (χ3n) is 5.20. The van der Waals surface area contributed by atoms with Crippen LogP contribution in [0.2, 0.25) is 0 Å². The Balaban J connectivity index is 2.10. The Morgan fingerprint density at radius 3 is 2.32 bits per heavy atom. The van der Waals surface area contributed by atoms with E-state index in [9.17, 15) is 17.6 Å². The number of hydrogen-bond donors (Lipinski definition) is 0. The summed E-state index contributed by atoms with van der Waals surface area (Å²) < 4.78 is 56.9. The highest BCUT2D eigenvalue weighted by atomic mass is 19.4. The molecule has 0 aliphatic carbocycles. The maximum Gasteiger partial charge on any atom is 0.417 e. The number of aromatic nitrogens is 1. The van der Waals surface area contributed by atoms with E-state index in [2.05, 4.69) is 6.58 Å². The van der Waals surface area contributed by atoms with E-state index in [0.717, 1.165) is 28.2 Å². The molecule has 0 fully saturated rings. The normalized spacial score (nSPS) is 12.0. The molecule has 0 saturated heterocycles. The molecule has 4 rings (SSSR count). The number of alkyl halides is 3. The van der Waals surface area contributed by atoms with E-state index >= 15 is 0 Å². The highest BCUT2D eigenvalue weighted by molar-refractivity contribution is 5.96. The molecular formula is C26H19F4N. The zero-order chi connectivity index (χ0) is 22.2. The van der Waals surface area contributed by atoms with Crippen LogP contribution in [0.1, 0.15) is 23.7 Å². The number of fused-ring (bicyclic) bond motifs is 1. The molecule has 0 atom stereocenters. The van der Waals surface area contributed by atoms with Gasteiger partial charge >= 0.3 is 6.18 Å². The van der Waals surface area contributed by atoms with Crippen molar-refractivity contribution < 1.29 is 17.6 Å². The topological polar surface area (TPSA) is 4.93 Å². The van der Waals surface area contributed by atoms with Gasteiger partial charge in [0, 0.05) is 16.5 Å². The van der Waals surface area contributed by atoms with Crippen LogP contribution in [0.3, 0.4) is 0 Å². The Labute approximate surface area is 177 Å². The molecule has 0 saturated carbocycles. The SMILES string of the molecule is C=Cc1c(/C=C\C)c2ccccc2n1-c1ccccc1-c1ccc(F)cc1C(F)(F)F. The Hall–Kier alpha value is -3.60. The van der Waals surface area contributed by atoms with Gasteiger partial charge in [-0.15, -0.1) is 0 Å². The molecule has 4 aromatic rings. The van der Waals surface area contributed by atoms with Crippen molar-refractivity contribution in [2.75, 3.05) is 0 Å². The Kier molecular flexibility index (Phi) is 5.27. The fraction of sp³-hybridized carbons (Fsp3) is 0.0769. The minimum Gasteiger partial charge on any atom is -0.309 e. The number of benzene rings is 3. The van der Waals surface area contributed by atoms with Crippen LogP contribution in [0, 0.1) is 5.82 Å². The number of halogens is 4. The maximum atomic E-state index is 13.8. The van der Waals surface area contributed by atoms with Crippen molar-refractivity contribution in [2.45, 2.75) is 13.1 Å². The molecule has 0 unspecified atom stereocenters. The van der Waals surface area contributed by atoms with Crippen LogP contribution >= 0.6 is 0 Å². The molecule has 5 heteroatoms. The van der Waals surface area contributed by atoms with Crippen molar-refractivity contribution in [3.8, 4) is 16.8 Å². The van der Waals surface area contributed by atoms with Crippen LogP contribution in [0.5, 0.6) is 0 Å². The van der Waals surface area contributed by atoms with E-state index in [0.29, 0.717) is 17.3 Å². The second-order valence-corrected chi connectivity index (χ2v) is 7.06. The summed E-state index contributed by atoms with van der Waals surface area (Å²) in [5, 5.41) is 0.959. The molecule has 0 aliphatic rings. The lowest BCUT2D eigenvalue weighted by atomic mass is 9.97. The van der Waals surface area contributed by atoms with E-state index in [1.54, 1.807) is 30.3 Å². The van der Waals surface area contributed by atoms with E-state index < -0.39 is 17.6 Å². The first kappa shape index (κ1) is 20.7. The summed E-state index contributed by atoms with van der Waals surface area (Å²) in [4.78, 5) is 0. The van der Waals surface area contributed by atoms with E-state index in [1.807, 2.05) is 47.9 Å². The maximum absolute atomic E-state index is 13.8. The predicted octanol–water partition coefficient (Wildman–Crippen LogP) is 8.13. The largest absolute Gasteiger partial charge is 0.417 e. The van der Waals surface area contributed by atoms with Gasteiger partial charge in [-0.3, -0.25) is 0 Å². The lowest BCUT2D eigenvalue weighted by molar-refractivity contribution is -0.137. The van der Waals surface area contributed by atoms with E-state index in [4.69, 9.17) is 0 Å². The molecular weight excluding hydrogens is 402 g/mol. The number of hydrogen-bond acceptors (Lipinski definition) is 0. The molecule has 0 bridgehead atoms. The second-order valence-electron chi connectivity index (χ2n) is 7.06. The monoisotopic (exact) mass is 421 g/mol. The van der Waals surface area contributed by atoms with E-state index in [1.165, 1.54) is 6.07 Å². The Bertz CT molecular complexity index is 1310. The summed E-state index contributed by atoms with van der Waals surface area (Å²) in [5.74, 6) is -0.929. The first-order valence-electron chi connectivity index (χ1n) is 9.72. The predicted molar refractivity (Wildman–Crippen MR) is 118 cm³/mol. The molecule has 0 spiro atoms. The fourth-order valence-electron chi connectivity index (χ4n) is 3.97. The van der Waals surface area contributed by atoms with Gasteiger partial charge in [0.15, 0.2) is 0 Å². The quantitative estimate of drug-likeness (QED) is 0.293. The van der Waals surface area contributed by atoms with Gasteiger partial charge in [-0.1, -0.05) is 61.2 Å². The van der Waals surface area contributed by atoms with Crippen LogP contribution in [-0.4, -0.2) is 4.57 Å². The molecule has 31 heavy (non-hydrogen) atoms. The summed E-state index contributed by atoms with van der Waals surface area (Å²) in [6.45, 7) is 5.85. The van der Waals surface area contributed by atoms with Crippen molar-refractivity contribution in [2.24, 2.45) is 0 Å². The highest BCUT2D eigenvalue weighted by Gasteiger charge is 2.35. The first-order valence-corrected chi connectivity index (χ1v) is 9.72. The lowest BCUT2D eigenvalue weighted by Crippen LogP contribution is -2.09. The lowest BCUT2D eigenvalue weighted by Gasteiger charge is -2.18. The number of nitrogens with zero attached hydrogens (tertiary/aromatic N) is 1. The van der Waals surface area contributed by atoms with Crippen molar-refractivity contribution >= 4 is 23.1 Å². The average Bonchev–Trinajstić information content (AvgIpc) is 3.07. The van der Waals surface area contributed by atoms with Gasteiger partial charge in [0.2, 0.25) is 0 Å². The van der Waals surface area contributed by atoms with Gasteiger partial charge < -0.3 is 4.57 Å². The van der Waals surface area contributed by atoms with E-state index in [-0.39, 0.29) is 5.56 Å². The van der Waals surface area contributed by atoms with Gasteiger partial charge in [-0.2, -0.15) is 13.2 Å². The molecule has 0 N–H and O–H groups in total. The fourth-order valence-corrected chi connectivity index (χ4v) is 3.97. The second kappa shape index (κ2) is 7.91. The molecule has 0 radical (unpaired) electrons. The van der Waals surface area contributed by atoms with Gasteiger partial charge in [0.25, 0.3) is 0 Å². The Morgan fingerprint density at radius 2 is 1.61 bits per heavy atom. The summed E-state index contributed by atoms with van der Waals surface area (Å²) in [5.41, 5.74) is 2.36. The Morgan fingerprint density at radius 1 is 0.903 bits per heavy atom. The number of allylic oxidation sites excluding steroid dienone is 1. The minimum atomic E-state index is -4.69. The van der Waals surface area contributed by atoms with Gasteiger partial charge in [-0.25, -0.2) is 4.39 Å². The summed E-state index contributed by atoms with van der Waals surface area (Å²) >= 11 is 0. The van der Waals surface area contributed by atoms with Gasteiger partial charge in [0.05, 0.1) is 22.5 Å². The molecule has 1 heterocycles. The zero-order valence-electron chi connectivity index (χ0n) is 16.7. The first-order chi connectivity index (χ1) is 14.9. The van der Waals surface area contributed by atoms with Crippen LogP contribution in [0.25, 0.3) is 39.9 Å². The summed E-state index contributed by atoms with van der Waals surface area (Å²) in [7, 11) is 0. The molecule has 0 aliphatic heterocycles. The third-order valence-corrected chi connectivity index (χ3v) is 5.20. The number of para-hydroxylation sites is 2. The molecule has 1 aromatic heterocycles. The van der Waals surface area contributed by atoms with Crippen molar-refractivity contribution in [3.05, 3.63) is 102 Å². The van der Waals surface area contributed by atoms with Crippen molar-refractivity contribution in [1.29, 1.82) is 0 Å². The molecule has 1 nitrogen and oxygen atoms in total. The van der Waals surface area contributed by atoms with Crippen LogP contribution in [0.15, 0.2) is 79.4 Å². The molecule has 156 valence electrons. The third kappa shape index (κ3) is 3.56. The zero-order valence-corrected chi connectivity index (χ0v) is 16.7. The van der Waals surface area contributed by atoms with Crippen LogP contribution in [-0.2, 0) is 6.18 Å². The summed E-state index contributed by atoms with van der Waals surface area (Å²) in [6, 6.07) is 17.3.